The van der Waals surface area contributed by atoms with Gasteiger partial charge in [0.2, 0.25) is 15.9 Å². The molecule has 1 atom stereocenters. The van der Waals surface area contributed by atoms with Gasteiger partial charge in [-0.15, -0.1) is 0 Å². The number of sulfonamides is 1. The summed E-state index contributed by atoms with van der Waals surface area (Å²) < 4.78 is 33.3. The number of hydrogen-bond acceptors (Lipinski definition) is 5. The number of amides is 2. The highest BCUT2D eigenvalue weighted by atomic mass is 32.2. The van der Waals surface area contributed by atoms with Crippen LogP contribution in [0.15, 0.2) is 47.4 Å². The van der Waals surface area contributed by atoms with E-state index in [9.17, 15) is 18.0 Å². The summed E-state index contributed by atoms with van der Waals surface area (Å²) >= 11 is 0. The first-order valence-electron chi connectivity index (χ1n) is 10.8. The molecule has 0 radical (unpaired) electrons. The van der Waals surface area contributed by atoms with Crippen LogP contribution in [0.5, 0.6) is 5.75 Å². The van der Waals surface area contributed by atoms with Gasteiger partial charge < -0.3 is 15.4 Å². The number of aryl methyl sites for hydroxylation is 1. The second-order valence-electron chi connectivity index (χ2n) is 8.20. The van der Waals surface area contributed by atoms with E-state index in [1.54, 1.807) is 6.07 Å². The number of ether oxygens (including phenoxy) is 1. The van der Waals surface area contributed by atoms with Gasteiger partial charge in [-0.1, -0.05) is 19.1 Å². The number of rotatable bonds is 5. The Morgan fingerprint density at radius 2 is 1.94 bits per heavy atom. The van der Waals surface area contributed by atoms with Crippen molar-refractivity contribution in [1.29, 1.82) is 0 Å². The molecule has 1 saturated heterocycles. The van der Waals surface area contributed by atoms with Crippen LogP contribution in [0.25, 0.3) is 0 Å². The van der Waals surface area contributed by atoms with Crippen molar-refractivity contribution in [1.82, 2.24) is 4.31 Å². The van der Waals surface area contributed by atoms with Gasteiger partial charge in [0.1, 0.15) is 5.75 Å². The van der Waals surface area contributed by atoms with Crippen molar-refractivity contribution >= 4 is 33.2 Å². The molecule has 32 heavy (non-hydrogen) atoms. The minimum Gasteiger partial charge on any atom is -0.478 e. The fourth-order valence-electron chi connectivity index (χ4n) is 4.03. The van der Waals surface area contributed by atoms with Crippen LogP contribution in [0.3, 0.4) is 0 Å². The summed E-state index contributed by atoms with van der Waals surface area (Å²) in [7, 11) is -3.75. The van der Waals surface area contributed by atoms with E-state index >= 15 is 0 Å². The topological polar surface area (TPSA) is 105 Å². The molecule has 2 amide bonds. The Morgan fingerprint density at radius 1 is 1.19 bits per heavy atom. The maximum atomic E-state index is 13.2. The lowest BCUT2D eigenvalue weighted by atomic mass is 9.97. The maximum absolute atomic E-state index is 13.2. The Labute approximate surface area is 188 Å². The van der Waals surface area contributed by atoms with Crippen molar-refractivity contribution in [3.05, 3.63) is 48.0 Å². The van der Waals surface area contributed by atoms with E-state index < -0.39 is 16.1 Å². The van der Waals surface area contributed by atoms with E-state index in [4.69, 9.17) is 4.74 Å². The van der Waals surface area contributed by atoms with E-state index in [-0.39, 0.29) is 35.7 Å². The number of anilines is 2. The summed E-state index contributed by atoms with van der Waals surface area (Å²) in [5, 5.41) is 5.65. The van der Waals surface area contributed by atoms with Crippen molar-refractivity contribution < 1.29 is 22.7 Å². The molecule has 0 bridgehead atoms. The standard InChI is InChI=1S/C23H27N3O5S/c1-3-20-23(28)25-19-14-18(7-8-21(19)31-20)32(29,30)26-11-9-16(10-12-26)22(27)24-17-6-4-5-15(2)13-17/h4-8,13-14,16,20H,3,9-12H2,1-2H3,(H,24,27)(H,25,28). The van der Waals surface area contributed by atoms with Crippen LogP contribution in [0.4, 0.5) is 11.4 Å². The minimum absolute atomic E-state index is 0.0910. The molecule has 0 spiro atoms. The molecule has 2 aromatic rings. The highest BCUT2D eigenvalue weighted by Crippen LogP contribution is 2.34. The number of hydrogen-bond donors (Lipinski definition) is 2. The van der Waals surface area contributed by atoms with Crippen molar-refractivity contribution in [2.45, 2.75) is 44.1 Å². The highest BCUT2D eigenvalue weighted by Gasteiger charge is 2.33. The molecule has 2 aliphatic heterocycles. The fraction of sp³-hybridized carbons (Fsp3) is 0.391. The van der Waals surface area contributed by atoms with Crippen molar-refractivity contribution in [3.8, 4) is 5.75 Å². The second-order valence-corrected chi connectivity index (χ2v) is 10.1. The lowest BCUT2D eigenvalue weighted by Gasteiger charge is -2.31. The largest absolute Gasteiger partial charge is 0.478 e. The van der Waals surface area contributed by atoms with Gasteiger partial charge in [-0.05, 0) is 62.1 Å². The van der Waals surface area contributed by atoms with Crippen LogP contribution in [0.2, 0.25) is 0 Å². The predicted octanol–water partition coefficient (Wildman–Crippen LogP) is 3.14. The van der Waals surface area contributed by atoms with Gasteiger partial charge in [0.05, 0.1) is 10.6 Å². The third-order valence-corrected chi connectivity index (χ3v) is 7.78. The monoisotopic (exact) mass is 457 g/mol. The first-order chi connectivity index (χ1) is 15.3. The van der Waals surface area contributed by atoms with Crippen molar-refractivity contribution in [2.75, 3.05) is 23.7 Å². The third-order valence-electron chi connectivity index (χ3n) is 5.89. The molecule has 0 aliphatic carbocycles. The fourth-order valence-corrected chi connectivity index (χ4v) is 5.53. The number of nitrogens with zero attached hydrogens (tertiary/aromatic N) is 1. The van der Waals surface area contributed by atoms with Crippen LogP contribution in [0.1, 0.15) is 31.7 Å². The van der Waals surface area contributed by atoms with Crippen LogP contribution in [-0.2, 0) is 19.6 Å². The normalized spacial score (nSPS) is 19.6. The van der Waals surface area contributed by atoms with Crippen LogP contribution in [0, 0.1) is 12.8 Å². The van der Waals surface area contributed by atoms with Gasteiger partial charge in [0.25, 0.3) is 5.91 Å². The lowest BCUT2D eigenvalue weighted by Crippen LogP contribution is -2.41. The minimum atomic E-state index is -3.75. The molecule has 2 aliphatic rings. The van der Waals surface area contributed by atoms with Gasteiger partial charge in [-0.25, -0.2) is 8.42 Å². The third kappa shape index (κ3) is 4.49. The zero-order chi connectivity index (χ0) is 22.9. The van der Waals surface area contributed by atoms with E-state index in [1.807, 2.05) is 38.1 Å². The van der Waals surface area contributed by atoms with Gasteiger partial charge >= 0.3 is 0 Å². The van der Waals surface area contributed by atoms with Gasteiger partial charge in [0.15, 0.2) is 6.10 Å². The summed E-state index contributed by atoms with van der Waals surface area (Å²) in [5.74, 6) is -0.159. The van der Waals surface area contributed by atoms with Crippen LogP contribution >= 0.6 is 0 Å². The maximum Gasteiger partial charge on any atom is 0.265 e. The molecule has 1 fully saturated rings. The summed E-state index contributed by atoms with van der Waals surface area (Å²) in [6.45, 7) is 4.32. The molecule has 2 heterocycles. The number of benzene rings is 2. The number of carbonyl (C=O) groups excluding carboxylic acids is 2. The zero-order valence-electron chi connectivity index (χ0n) is 18.1. The van der Waals surface area contributed by atoms with E-state index in [0.717, 1.165) is 11.3 Å². The first-order valence-corrected chi connectivity index (χ1v) is 12.2. The molecular weight excluding hydrogens is 430 g/mol. The molecule has 1 unspecified atom stereocenters. The second kappa shape index (κ2) is 8.91. The molecule has 170 valence electrons. The van der Waals surface area contributed by atoms with E-state index in [1.165, 1.54) is 16.4 Å². The Balaban J connectivity index is 1.41. The quantitative estimate of drug-likeness (QED) is 0.718. The lowest BCUT2D eigenvalue weighted by molar-refractivity contribution is -0.123. The molecular formula is C23H27N3O5S. The summed E-state index contributed by atoms with van der Waals surface area (Å²) in [4.78, 5) is 24.8. The predicted molar refractivity (Wildman–Crippen MR) is 121 cm³/mol. The molecule has 2 aromatic carbocycles. The number of carbonyl (C=O) groups is 2. The Hall–Kier alpha value is -2.91. The highest BCUT2D eigenvalue weighted by molar-refractivity contribution is 7.89. The van der Waals surface area contributed by atoms with Crippen molar-refractivity contribution in [2.24, 2.45) is 5.92 Å². The average Bonchev–Trinajstić information content (AvgIpc) is 2.78. The van der Waals surface area contributed by atoms with Gasteiger partial charge in [-0.2, -0.15) is 4.31 Å². The molecule has 0 aromatic heterocycles. The number of nitrogens with one attached hydrogen (secondary N) is 2. The van der Waals surface area contributed by atoms with Crippen LogP contribution < -0.4 is 15.4 Å². The number of piperidine rings is 1. The molecule has 4 rings (SSSR count). The van der Waals surface area contributed by atoms with E-state index in [2.05, 4.69) is 10.6 Å². The molecule has 9 heteroatoms. The van der Waals surface area contributed by atoms with E-state index in [0.29, 0.717) is 30.7 Å². The SMILES string of the molecule is CCC1Oc2ccc(S(=O)(=O)N3CCC(C(=O)Nc4cccc(C)c4)CC3)cc2NC1=O. The molecule has 8 nitrogen and oxygen atoms in total. The summed E-state index contributed by atoms with van der Waals surface area (Å²) in [5.41, 5.74) is 2.16. The van der Waals surface area contributed by atoms with Gasteiger partial charge in [0, 0.05) is 24.7 Å². The average molecular weight is 458 g/mol. The van der Waals surface area contributed by atoms with Crippen molar-refractivity contribution in [3.63, 3.8) is 0 Å². The Kier molecular flexibility index (Phi) is 6.21. The molecule has 2 N–H and O–H groups in total. The smallest absolute Gasteiger partial charge is 0.265 e. The zero-order valence-corrected chi connectivity index (χ0v) is 18.9. The number of fused-ring (bicyclic) bond motifs is 1. The summed E-state index contributed by atoms with van der Waals surface area (Å²) in [6, 6.07) is 12.1. The Morgan fingerprint density at radius 3 is 2.62 bits per heavy atom. The first kappa shape index (κ1) is 22.3. The Bertz CT molecular complexity index is 1140. The van der Waals surface area contributed by atoms with Gasteiger partial charge in [-0.3, -0.25) is 9.59 Å². The summed E-state index contributed by atoms with van der Waals surface area (Å²) in [6.07, 6.45) is 0.840. The molecule has 0 saturated carbocycles. The van der Waals surface area contributed by atoms with Crippen LogP contribution in [-0.4, -0.2) is 43.7 Å².